The molecule has 1 aliphatic carbocycles. The number of nitrogens with two attached hydrogens (primary N) is 1. The van der Waals surface area contributed by atoms with Crippen molar-refractivity contribution in [3.05, 3.63) is 71.3 Å². The largest absolute Gasteiger partial charge is 0.507 e. The number of nitrogens with zero attached hydrogens (tertiary/aromatic N) is 7. The summed E-state index contributed by atoms with van der Waals surface area (Å²) in [4.78, 5) is 33.3. The third-order valence-electron chi connectivity index (χ3n) is 14.0. The van der Waals surface area contributed by atoms with E-state index in [1.807, 2.05) is 16.9 Å². The topological polar surface area (TPSA) is 194 Å². The van der Waals surface area contributed by atoms with Gasteiger partial charge < -0.3 is 49.9 Å². The van der Waals surface area contributed by atoms with Crippen molar-refractivity contribution in [2.24, 2.45) is 17.6 Å². The van der Waals surface area contributed by atoms with E-state index in [4.69, 9.17) is 25.8 Å². The molecule has 2 atom stereocenters. The minimum Gasteiger partial charge on any atom is -0.507 e. The van der Waals surface area contributed by atoms with E-state index in [9.17, 15) is 14.7 Å². The van der Waals surface area contributed by atoms with Crippen molar-refractivity contribution in [1.29, 1.82) is 10.8 Å². The lowest BCUT2D eigenvalue weighted by atomic mass is 9.77. The van der Waals surface area contributed by atoms with Gasteiger partial charge in [-0.1, -0.05) is 29.1 Å². The van der Waals surface area contributed by atoms with Crippen LogP contribution in [0.15, 0.2) is 58.9 Å². The minimum absolute atomic E-state index is 0.00875. The number of benzene rings is 1. The molecule has 2 unspecified atom stereocenters. The Morgan fingerprint density at radius 3 is 2.45 bits per heavy atom. The number of ether oxygens (including phenoxy) is 1. The molecule has 2 aromatic heterocycles. The van der Waals surface area contributed by atoms with Gasteiger partial charge in [-0.05, 0) is 114 Å². The maximum Gasteiger partial charge on any atom is 0.230 e. The van der Waals surface area contributed by atoms with Crippen LogP contribution in [0.5, 0.6) is 5.75 Å². The second kappa shape index (κ2) is 19.8. The molecule has 330 valence electrons. The summed E-state index contributed by atoms with van der Waals surface area (Å²) in [6, 6.07) is 9.10. The fourth-order valence-electron chi connectivity index (χ4n) is 10.1. The van der Waals surface area contributed by atoms with Gasteiger partial charge in [0.2, 0.25) is 5.91 Å². The molecule has 4 aliphatic heterocycles. The number of likely N-dealkylation sites (tertiary alicyclic amines) is 3. The molecule has 1 amide bonds. The molecule has 0 bridgehead atoms. The van der Waals surface area contributed by atoms with Crippen LogP contribution in [0.2, 0.25) is 0 Å². The highest BCUT2D eigenvalue weighted by molar-refractivity contribution is 6.14. The van der Waals surface area contributed by atoms with Crippen molar-refractivity contribution >= 4 is 29.6 Å². The molecular weight excluding hydrogens is 785 g/mol. The van der Waals surface area contributed by atoms with Gasteiger partial charge >= 0.3 is 0 Å². The van der Waals surface area contributed by atoms with Crippen LogP contribution in [0, 0.1) is 34.5 Å². The second-order valence-corrected chi connectivity index (χ2v) is 18.1. The normalized spacial score (nSPS) is 24.0. The molecule has 5 N–H and O–H groups in total. The third kappa shape index (κ3) is 10.5. The van der Waals surface area contributed by atoms with Crippen LogP contribution in [0.4, 0.5) is 5.82 Å². The molecule has 5 fully saturated rings. The molecule has 8 rings (SSSR count). The van der Waals surface area contributed by atoms with Gasteiger partial charge in [0, 0.05) is 63.1 Å². The summed E-state index contributed by atoms with van der Waals surface area (Å²) in [6.07, 6.45) is 17.3. The Bertz CT molecular complexity index is 2140. The van der Waals surface area contributed by atoms with Crippen molar-refractivity contribution < 1.29 is 24.0 Å². The number of phenols is 1. The van der Waals surface area contributed by atoms with E-state index in [-0.39, 0.29) is 53.4 Å². The van der Waals surface area contributed by atoms with E-state index < -0.39 is 0 Å². The number of aromatic nitrogens is 3. The van der Waals surface area contributed by atoms with Gasteiger partial charge in [0.15, 0.2) is 5.82 Å². The molecule has 3 aromatic rings. The molecule has 15 nitrogen and oxygen atoms in total. The Kier molecular flexibility index (Phi) is 13.9. The van der Waals surface area contributed by atoms with Crippen molar-refractivity contribution in [1.82, 2.24) is 29.6 Å². The summed E-state index contributed by atoms with van der Waals surface area (Å²) in [6.45, 7) is 10.2. The lowest BCUT2D eigenvalue weighted by Gasteiger charge is -2.48. The summed E-state index contributed by atoms with van der Waals surface area (Å²) < 4.78 is 14.2. The first-order valence-corrected chi connectivity index (χ1v) is 22.7. The number of phenolic OH excluding ortho intramolecular Hbond substituents is 1. The van der Waals surface area contributed by atoms with Crippen LogP contribution < -0.4 is 10.6 Å². The maximum atomic E-state index is 12.7. The summed E-state index contributed by atoms with van der Waals surface area (Å²) in [5.74, 6) is 8.32. The highest BCUT2D eigenvalue weighted by atomic mass is 16.5. The number of aldehydes is 1. The Morgan fingerprint density at radius 1 is 1.02 bits per heavy atom. The van der Waals surface area contributed by atoms with Crippen LogP contribution in [0.3, 0.4) is 0 Å². The fraction of sp³-hybridized carbons (Fsp3) is 0.574. The number of carbonyl (C=O) groups excluding carboxylic acids is 2. The number of hydrogen-bond donors (Lipinski definition) is 4. The van der Waals surface area contributed by atoms with E-state index >= 15 is 0 Å². The number of rotatable bonds is 14. The Balaban J connectivity index is 0.700. The zero-order chi connectivity index (χ0) is 43.2. The lowest BCUT2D eigenvalue weighted by molar-refractivity contribution is -0.134. The van der Waals surface area contributed by atoms with E-state index in [2.05, 4.69) is 43.7 Å². The van der Waals surface area contributed by atoms with E-state index in [1.165, 1.54) is 31.5 Å². The minimum atomic E-state index is -0.312. The van der Waals surface area contributed by atoms with Crippen LogP contribution in [-0.4, -0.2) is 135 Å². The summed E-state index contributed by atoms with van der Waals surface area (Å²) in [5, 5.41) is 35.3. The smallest absolute Gasteiger partial charge is 0.230 e. The van der Waals surface area contributed by atoms with Crippen LogP contribution in [0.1, 0.15) is 94.1 Å². The van der Waals surface area contributed by atoms with Gasteiger partial charge in [0.1, 0.15) is 23.6 Å². The lowest BCUT2D eigenvalue weighted by Crippen LogP contribution is -2.51. The summed E-state index contributed by atoms with van der Waals surface area (Å²) >= 11 is 0. The highest BCUT2D eigenvalue weighted by Gasteiger charge is 2.38. The molecule has 4 saturated heterocycles. The van der Waals surface area contributed by atoms with Crippen molar-refractivity contribution in [2.45, 2.75) is 108 Å². The van der Waals surface area contributed by atoms with E-state index in [1.54, 1.807) is 29.3 Å². The number of aromatic hydroxyl groups is 1. The molecule has 6 heterocycles. The van der Waals surface area contributed by atoms with Gasteiger partial charge in [0.25, 0.3) is 0 Å². The summed E-state index contributed by atoms with van der Waals surface area (Å²) in [5.41, 5.74) is 7.11. The maximum absolute atomic E-state index is 12.7. The molecule has 0 spiro atoms. The number of piperidine rings is 3. The van der Waals surface area contributed by atoms with Crippen LogP contribution >= 0.6 is 0 Å². The SMILES string of the molecule is CC(C1CCN(C2CC(CN3CCC(OC4CCN(c5cc(CC(=O)N6CCCC6C=O)on5)CC4)CC3)C2)CC1)n1cc(C#C/C(=C/C(=N)c2ccccc2O)C(=N)N)cn1. The first-order chi connectivity index (χ1) is 30.1. The quantitative estimate of drug-likeness (QED) is 0.0755. The first-order valence-electron chi connectivity index (χ1n) is 22.7. The molecule has 5 aliphatic rings. The number of nitrogens with one attached hydrogen (secondary N) is 2. The number of amidine groups is 1. The van der Waals surface area contributed by atoms with Crippen molar-refractivity contribution in [3.63, 3.8) is 0 Å². The number of allylic oxidation sites excluding steroid dienone is 1. The number of anilines is 1. The standard InChI is InChI=1S/C47H62N10O5/c1-32(57-30-33(28-51-57)8-9-36(47(49)50)25-43(48)42-6-2-3-7-44(42)59)35-10-19-54(20-11-35)38-23-34(24-38)29-53-17-12-39(13-18-53)61-40-14-21-55(22-15-40)45-26-41(62-52-45)27-46(60)56-16-4-5-37(56)31-58/h2-3,6-7,25-26,28,30-32,34-35,37-40,48,59H,4-5,10-24,27,29H2,1H3,(H3,49,50)/b36-25-,48-43?. The molecular formula is C47H62N10O5. The highest BCUT2D eigenvalue weighted by Crippen LogP contribution is 2.37. The number of carbonyl (C=O) groups is 2. The van der Waals surface area contributed by atoms with E-state index in [0.717, 1.165) is 114 Å². The molecule has 1 aromatic carbocycles. The van der Waals surface area contributed by atoms with Gasteiger partial charge in [-0.2, -0.15) is 5.10 Å². The average molecular weight is 847 g/mol. The zero-order valence-corrected chi connectivity index (χ0v) is 36.0. The number of amides is 1. The summed E-state index contributed by atoms with van der Waals surface area (Å²) in [7, 11) is 0. The fourth-order valence-corrected chi connectivity index (χ4v) is 10.1. The zero-order valence-electron chi connectivity index (χ0n) is 36.0. The third-order valence-corrected chi connectivity index (χ3v) is 14.0. The van der Waals surface area contributed by atoms with Gasteiger partial charge in [-0.3, -0.25) is 14.9 Å². The molecule has 1 saturated carbocycles. The Morgan fingerprint density at radius 2 is 1.74 bits per heavy atom. The van der Waals surface area contributed by atoms with Crippen molar-refractivity contribution in [3.8, 4) is 17.6 Å². The first kappa shape index (κ1) is 43.4. The van der Waals surface area contributed by atoms with Crippen molar-refractivity contribution in [2.75, 3.05) is 57.3 Å². The second-order valence-electron chi connectivity index (χ2n) is 18.1. The average Bonchev–Trinajstić information content (AvgIpc) is 4.06. The Labute approximate surface area is 364 Å². The van der Waals surface area contributed by atoms with Crippen LogP contribution in [0.25, 0.3) is 0 Å². The monoisotopic (exact) mass is 846 g/mol. The predicted octanol–water partition coefficient (Wildman–Crippen LogP) is 4.79. The molecule has 15 heteroatoms. The Hall–Kier alpha value is -5.30. The molecule has 0 radical (unpaired) electrons. The predicted molar refractivity (Wildman–Crippen MR) is 236 cm³/mol. The van der Waals surface area contributed by atoms with Gasteiger partial charge in [-0.15, -0.1) is 0 Å². The van der Waals surface area contributed by atoms with Gasteiger partial charge in [-0.25, -0.2) is 0 Å². The number of hydrogen-bond acceptors (Lipinski definition) is 12. The van der Waals surface area contributed by atoms with Crippen LogP contribution in [-0.2, 0) is 20.7 Å². The van der Waals surface area contributed by atoms with E-state index in [0.29, 0.717) is 35.9 Å². The van der Waals surface area contributed by atoms with Gasteiger partial charge in [0.05, 0.1) is 53.8 Å². The number of para-hydroxylation sites is 1. The molecule has 62 heavy (non-hydrogen) atoms.